The zero-order chi connectivity index (χ0) is 15.0. The molecule has 0 atom stereocenters. The third-order valence-electron chi connectivity index (χ3n) is 2.17. The van der Waals surface area contributed by atoms with Crippen LogP contribution in [0, 0.1) is 6.92 Å². The first kappa shape index (κ1) is 16.3. The second-order valence-electron chi connectivity index (χ2n) is 3.83. The summed E-state index contributed by atoms with van der Waals surface area (Å²) in [6.07, 6.45) is 0. The number of hydrogen-bond donors (Lipinski definition) is 3. The Morgan fingerprint density at radius 2 is 1.70 bits per heavy atom. The molecule has 108 valence electrons. The van der Waals surface area contributed by atoms with E-state index in [2.05, 4.69) is 14.8 Å². The maximum Gasteiger partial charge on any atom is 0.469 e. The van der Waals surface area contributed by atoms with Crippen LogP contribution in [0.2, 0.25) is 0 Å². The molecule has 0 radical (unpaired) electrons. The first-order chi connectivity index (χ1) is 9.40. The van der Waals surface area contributed by atoms with Gasteiger partial charge in [0.15, 0.2) is 0 Å². The van der Waals surface area contributed by atoms with Crippen molar-refractivity contribution in [2.45, 2.75) is 6.92 Å². The number of anilines is 2. The molecule has 20 heavy (non-hydrogen) atoms. The maximum atomic E-state index is 9.47. The molecule has 0 unspecified atom stereocenters. The van der Waals surface area contributed by atoms with Crippen molar-refractivity contribution in [3.05, 3.63) is 54.2 Å². The minimum atomic E-state index is -4.15. The van der Waals surface area contributed by atoms with Gasteiger partial charge in [0.2, 0.25) is 0 Å². The molecule has 7 heteroatoms. The van der Waals surface area contributed by atoms with E-state index in [1.54, 1.807) is 0 Å². The van der Waals surface area contributed by atoms with Crippen molar-refractivity contribution in [2.75, 3.05) is 12.4 Å². The summed E-state index contributed by atoms with van der Waals surface area (Å²) in [4.78, 5) is 19.8. The molecule has 0 amide bonds. The number of benzene rings is 1. The van der Waals surface area contributed by atoms with Crippen molar-refractivity contribution in [3.63, 3.8) is 0 Å². The first-order valence-corrected chi connectivity index (χ1v) is 7.31. The standard InChI is InChI=1S/C12H12N2.CH5O4P/c1-10-6-5-9-12(13-10)14-11-7-3-2-4-8-11;1-5-6(2,3)4/h2-9H,1H3,(H,13,14);1H3,(H2,2,3,4). The average molecular weight is 296 g/mol. The molecule has 1 aromatic heterocycles. The summed E-state index contributed by atoms with van der Waals surface area (Å²) in [5.74, 6) is 0.885. The Balaban J connectivity index is 0.000000286. The summed E-state index contributed by atoms with van der Waals surface area (Å²) in [6, 6.07) is 16.0. The number of para-hydroxylation sites is 1. The number of aromatic nitrogens is 1. The Hall–Kier alpha value is -1.72. The molecule has 2 aromatic rings. The van der Waals surface area contributed by atoms with Crippen molar-refractivity contribution in [1.82, 2.24) is 4.98 Å². The Morgan fingerprint density at radius 3 is 2.20 bits per heavy atom. The molecule has 0 spiro atoms. The maximum absolute atomic E-state index is 9.47. The first-order valence-electron chi connectivity index (χ1n) is 5.78. The molecule has 0 saturated carbocycles. The van der Waals surface area contributed by atoms with Gasteiger partial charge >= 0.3 is 7.82 Å². The molecular formula is C13H17N2O4P. The van der Waals surface area contributed by atoms with Crippen LogP contribution < -0.4 is 5.32 Å². The monoisotopic (exact) mass is 296 g/mol. The Bertz CT molecular complexity index is 572. The van der Waals surface area contributed by atoms with Crippen LogP contribution in [0.3, 0.4) is 0 Å². The zero-order valence-electron chi connectivity index (χ0n) is 11.2. The SMILES string of the molecule is COP(=O)(O)O.Cc1cccc(Nc2ccccc2)n1. The Morgan fingerprint density at radius 1 is 1.10 bits per heavy atom. The topological polar surface area (TPSA) is 91.7 Å². The number of rotatable bonds is 3. The van der Waals surface area contributed by atoms with Gasteiger partial charge in [0.05, 0.1) is 0 Å². The fourth-order valence-corrected chi connectivity index (χ4v) is 1.28. The second-order valence-corrected chi connectivity index (χ2v) is 5.17. The van der Waals surface area contributed by atoms with Gasteiger partial charge in [0.1, 0.15) is 5.82 Å². The van der Waals surface area contributed by atoms with Crippen LogP contribution >= 0.6 is 7.82 Å². The minimum absolute atomic E-state index is 0.885. The van der Waals surface area contributed by atoms with Crippen molar-refractivity contribution in [1.29, 1.82) is 0 Å². The summed E-state index contributed by atoms with van der Waals surface area (Å²) >= 11 is 0. The molecule has 0 aliphatic heterocycles. The van der Waals surface area contributed by atoms with Gasteiger partial charge in [-0.05, 0) is 31.2 Å². The molecule has 1 heterocycles. The van der Waals surface area contributed by atoms with E-state index in [1.165, 1.54) is 0 Å². The highest BCUT2D eigenvalue weighted by molar-refractivity contribution is 7.46. The van der Waals surface area contributed by atoms with Crippen LogP contribution in [0.1, 0.15) is 5.69 Å². The summed E-state index contributed by atoms with van der Waals surface area (Å²) < 4.78 is 13.1. The van der Waals surface area contributed by atoms with E-state index in [9.17, 15) is 4.57 Å². The van der Waals surface area contributed by atoms with E-state index in [4.69, 9.17) is 9.79 Å². The van der Waals surface area contributed by atoms with Crippen LogP contribution in [0.15, 0.2) is 48.5 Å². The van der Waals surface area contributed by atoms with E-state index in [-0.39, 0.29) is 0 Å². The van der Waals surface area contributed by atoms with Crippen LogP contribution in [0.5, 0.6) is 0 Å². The lowest BCUT2D eigenvalue weighted by molar-refractivity contribution is 0.235. The molecule has 0 bridgehead atoms. The van der Waals surface area contributed by atoms with E-state index < -0.39 is 7.82 Å². The van der Waals surface area contributed by atoms with E-state index in [0.717, 1.165) is 24.3 Å². The van der Waals surface area contributed by atoms with Crippen LogP contribution in [0.4, 0.5) is 11.5 Å². The predicted octanol–water partition coefficient (Wildman–Crippen LogP) is 2.86. The van der Waals surface area contributed by atoms with Gasteiger partial charge in [-0.1, -0.05) is 24.3 Å². The number of pyridine rings is 1. The fourth-order valence-electron chi connectivity index (χ4n) is 1.28. The summed E-state index contributed by atoms with van der Waals surface area (Å²) in [6.45, 7) is 1.98. The van der Waals surface area contributed by atoms with Crippen molar-refractivity contribution in [3.8, 4) is 0 Å². The minimum Gasteiger partial charge on any atom is -0.340 e. The number of phosphoric ester groups is 1. The number of nitrogens with one attached hydrogen (secondary N) is 1. The third-order valence-corrected chi connectivity index (χ3v) is 2.65. The summed E-state index contributed by atoms with van der Waals surface area (Å²) in [5.41, 5.74) is 2.08. The van der Waals surface area contributed by atoms with Crippen molar-refractivity contribution in [2.24, 2.45) is 0 Å². The highest BCUT2D eigenvalue weighted by Gasteiger charge is 2.07. The van der Waals surface area contributed by atoms with Crippen molar-refractivity contribution >= 4 is 19.3 Å². The third kappa shape index (κ3) is 7.01. The molecule has 0 aliphatic carbocycles. The van der Waals surface area contributed by atoms with Crippen LogP contribution in [-0.2, 0) is 9.09 Å². The molecule has 2 rings (SSSR count). The van der Waals surface area contributed by atoms with Gasteiger partial charge in [-0.15, -0.1) is 0 Å². The Labute approximate surface area is 117 Å². The number of nitrogens with zero attached hydrogens (tertiary/aromatic N) is 1. The van der Waals surface area contributed by atoms with Gasteiger partial charge in [0.25, 0.3) is 0 Å². The van der Waals surface area contributed by atoms with Gasteiger partial charge in [-0.3, -0.25) is 4.52 Å². The molecule has 6 nitrogen and oxygen atoms in total. The Kier molecular flexibility index (Phi) is 6.35. The molecular weight excluding hydrogens is 279 g/mol. The summed E-state index contributed by atoms with van der Waals surface area (Å²) in [5, 5.41) is 3.23. The van der Waals surface area contributed by atoms with E-state index in [0.29, 0.717) is 0 Å². The summed E-state index contributed by atoms with van der Waals surface area (Å²) in [7, 11) is -3.20. The number of hydrogen-bond acceptors (Lipinski definition) is 4. The van der Waals surface area contributed by atoms with Crippen LogP contribution in [0.25, 0.3) is 0 Å². The normalized spacial score (nSPS) is 10.4. The highest BCUT2D eigenvalue weighted by Crippen LogP contribution is 2.33. The number of phosphoric acid groups is 1. The van der Waals surface area contributed by atoms with Crippen LogP contribution in [-0.4, -0.2) is 21.9 Å². The largest absolute Gasteiger partial charge is 0.469 e. The van der Waals surface area contributed by atoms with Gasteiger partial charge < -0.3 is 15.1 Å². The number of aryl methyl sites for hydroxylation is 1. The van der Waals surface area contributed by atoms with E-state index >= 15 is 0 Å². The lowest BCUT2D eigenvalue weighted by Crippen LogP contribution is -1.93. The molecule has 0 fully saturated rings. The van der Waals surface area contributed by atoms with Crippen molar-refractivity contribution < 1.29 is 18.9 Å². The lowest BCUT2D eigenvalue weighted by atomic mass is 10.3. The van der Waals surface area contributed by atoms with Gasteiger partial charge in [-0.2, -0.15) is 0 Å². The van der Waals surface area contributed by atoms with Gasteiger partial charge in [-0.25, -0.2) is 9.55 Å². The average Bonchev–Trinajstić information content (AvgIpc) is 2.40. The highest BCUT2D eigenvalue weighted by atomic mass is 31.2. The smallest absolute Gasteiger partial charge is 0.340 e. The zero-order valence-corrected chi connectivity index (χ0v) is 12.1. The molecule has 1 aromatic carbocycles. The second kappa shape index (κ2) is 7.77. The molecule has 0 aliphatic rings. The fraction of sp³-hybridized carbons (Fsp3) is 0.154. The molecule has 3 N–H and O–H groups in total. The van der Waals surface area contributed by atoms with Gasteiger partial charge in [0, 0.05) is 18.5 Å². The molecule has 0 saturated heterocycles. The quantitative estimate of drug-likeness (QED) is 0.754. The van der Waals surface area contributed by atoms with E-state index in [1.807, 2.05) is 55.5 Å². The predicted molar refractivity (Wildman–Crippen MR) is 77.8 cm³/mol. The lowest BCUT2D eigenvalue weighted by Gasteiger charge is -2.05.